The quantitative estimate of drug-likeness (QED) is 0.741. The van der Waals surface area contributed by atoms with Crippen molar-refractivity contribution in [2.24, 2.45) is 0 Å². The van der Waals surface area contributed by atoms with Crippen molar-refractivity contribution in [3.63, 3.8) is 0 Å². The molecule has 0 radical (unpaired) electrons. The lowest BCUT2D eigenvalue weighted by molar-refractivity contribution is 0.180. The van der Waals surface area contributed by atoms with E-state index in [9.17, 15) is 9.18 Å². The van der Waals surface area contributed by atoms with Crippen LogP contribution >= 0.6 is 0 Å². The van der Waals surface area contributed by atoms with Gasteiger partial charge in [-0.3, -0.25) is 0 Å². The van der Waals surface area contributed by atoms with Gasteiger partial charge < -0.3 is 15.2 Å². The zero-order valence-corrected chi connectivity index (χ0v) is 15.3. The van der Waals surface area contributed by atoms with E-state index in [0.29, 0.717) is 25.6 Å². The number of H-pyrrole nitrogens is 1. The molecule has 2 N–H and O–H groups in total. The number of aromatic amines is 1. The Balaban J connectivity index is 1.35. The summed E-state index contributed by atoms with van der Waals surface area (Å²) in [7, 11) is 0. The molecular formula is C19H23FN6O. The summed E-state index contributed by atoms with van der Waals surface area (Å²) in [4.78, 5) is 21.7. The van der Waals surface area contributed by atoms with Crippen LogP contribution in [0.1, 0.15) is 37.1 Å². The molecule has 2 aromatic heterocycles. The molecule has 0 bridgehead atoms. The van der Waals surface area contributed by atoms with Crippen molar-refractivity contribution in [1.29, 1.82) is 0 Å². The first-order chi connectivity index (χ1) is 13.2. The summed E-state index contributed by atoms with van der Waals surface area (Å²) in [5, 5.41) is 7.97. The molecule has 0 spiro atoms. The number of piperidine rings is 1. The average molecular weight is 370 g/mol. The molecule has 2 amide bonds. The third kappa shape index (κ3) is 3.51. The van der Waals surface area contributed by atoms with Crippen LogP contribution in [0.5, 0.6) is 0 Å². The van der Waals surface area contributed by atoms with Crippen molar-refractivity contribution in [2.75, 3.05) is 13.1 Å². The van der Waals surface area contributed by atoms with E-state index in [2.05, 4.69) is 20.4 Å². The SMILES string of the molecule is CCn1ncnc1CNC(=O)N1CCC(c2c[nH]c3ccc(F)cc23)CC1. The van der Waals surface area contributed by atoms with Crippen molar-refractivity contribution in [3.05, 3.63) is 47.9 Å². The molecule has 0 atom stereocenters. The maximum Gasteiger partial charge on any atom is 0.317 e. The number of fused-ring (bicyclic) bond motifs is 1. The van der Waals surface area contributed by atoms with Gasteiger partial charge in [0.25, 0.3) is 0 Å². The lowest BCUT2D eigenvalue weighted by Crippen LogP contribution is -2.44. The molecular weight excluding hydrogens is 347 g/mol. The number of rotatable bonds is 4. The molecule has 1 aliphatic rings. The topological polar surface area (TPSA) is 78.8 Å². The largest absolute Gasteiger partial charge is 0.361 e. The molecule has 3 heterocycles. The van der Waals surface area contributed by atoms with Crippen LogP contribution in [-0.2, 0) is 13.1 Å². The Hall–Kier alpha value is -2.90. The van der Waals surface area contributed by atoms with Gasteiger partial charge >= 0.3 is 6.03 Å². The molecule has 0 saturated carbocycles. The van der Waals surface area contributed by atoms with Crippen molar-refractivity contribution < 1.29 is 9.18 Å². The van der Waals surface area contributed by atoms with Crippen LogP contribution in [0.3, 0.4) is 0 Å². The summed E-state index contributed by atoms with van der Waals surface area (Å²) in [5.74, 6) is 0.856. The lowest BCUT2D eigenvalue weighted by atomic mass is 9.89. The first kappa shape index (κ1) is 17.5. The number of aromatic nitrogens is 4. The number of hydrogen-bond acceptors (Lipinski definition) is 3. The van der Waals surface area contributed by atoms with E-state index in [1.165, 1.54) is 12.4 Å². The predicted octanol–water partition coefficient (Wildman–Crippen LogP) is 3.01. The highest BCUT2D eigenvalue weighted by atomic mass is 19.1. The maximum atomic E-state index is 13.6. The minimum atomic E-state index is -0.222. The van der Waals surface area contributed by atoms with Gasteiger partial charge in [-0.25, -0.2) is 18.9 Å². The Labute approximate surface area is 156 Å². The Kier molecular flexibility index (Phi) is 4.79. The highest BCUT2D eigenvalue weighted by molar-refractivity contribution is 5.84. The lowest BCUT2D eigenvalue weighted by Gasteiger charge is -2.32. The standard InChI is InChI=1S/C19H23FN6O/c1-2-26-18(23-12-24-26)11-22-19(27)25-7-5-13(6-8-25)16-10-21-17-4-3-14(20)9-15(16)17/h3-4,9-10,12-13,21H,2,5-8,11H2,1H3,(H,22,27). The minimum absolute atomic E-state index is 0.0796. The monoisotopic (exact) mass is 370 g/mol. The number of carbonyl (C=O) groups is 1. The minimum Gasteiger partial charge on any atom is -0.361 e. The zero-order chi connectivity index (χ0) is 18.8. The molecule has 27 heavy (non-hydrogen) atoms. The van der Waals surface area contributed by atoms with Gasteiger partial charge in [-0.1, -0.05) is 0 Å². The van der Waals surface area contributed by atoms with E-state index in [-0.39, 0.29) is 11.8 Å². The summed E-state index contributed by atoms with van der Waals surface area (Å²) >= 11 is 0. The van der Waals surface area contributed by atoms with Crippen LogP contribution in [0.2, 0.25) is 0 Å². The Bertz CT molecular complexity index is 941. The number of amides is 2. The number of carbonyl (C=O) groups excluding carboxylic acids is 1. The number of urea groups is 1. The molecule has 142 valence electrons. The van der Waals surface area contributed by atoms with Crippen molar-refractivity contribution in [3.8, 4) is 0 Å². The Morgan fingerprint density at radius 3 is 2.96 bits per heavy atom. The van der Waals surface area contributed by atoms with Crippen LogP contribution in [0, 0.1) is 5.82 Å². The van der Waals surface area contributed by atoms with Crippen LogP contribution in [0.4, 0.5) is 9.18 Å². The number of benzene rings is 1. The van der Waals surface area contributed by atoms with Crippen molar-refractivity contribution in [2.45, 2.75) is 38.8 Å². The smallest absolute Gasteiger partial charge is 0.317 e. The molecule has 7 nitrogen and oxygen atoms in total. The first-order valence-corrected chi connectivity index (χ1v) is 9.31. The van der Waals surface area contributed by atoms with Gasteiger partial charge in [-0.2, -0.15) is 5.10 Å². The van der Waals surface area contributed by atoms with Crippen molar-refractivity contribution >= 4 is 16.9 Å². The Morgan fingerprint density at radius 1 is 1.37 bits per heavy atom. The van der Waals surface area contributed by atoms with E-state index >= 15 is 0 Å². The fourth-order valence-electron chi connectivity index (χ4n) is 3.80. The average Bonchev–Trinajstić information content (AvgIpc) is 3.32. The molecule has 1 fully saturated rings. The maximum absolute atomic E-state index is 13.6. The first-order valence-electron chi connectivity index (χ1n) is 9.31. The molecule has 4 rings (SSSR count). The summed E-state index contributed by atoms with van der Waals surface area (Å²) in [6.07, 6.45) is 5.20. The van der Waals surface area contributed by atoms with Gasteiger partial charge in [0.05, 0.1) is 6.54 Å². The number of nitrogens with zero attached hydrogens (tertiary/aromatic N) is 4. The highest BCUT2D eigenvalue weighted by Crippen LogP contribution is 2.33. The molecule has 1 saturated heterocycles. The molecule has 8 heteroatoms. The second-order valence-corrected chi connectivity index (χ2v) is 6.85. The van der Waals surface area contributed by atoms with E-state index in [1.54, 1.807) is 16.8 Å². The van der Waals surface area contributed by atoms with E-state index in [4.69, 9.17) is 0 Å². The number of aryl methyl sites for hydroxylation is 1. The summed E-state index contributed by atoms with van der Waals surface area (Å²) < 4.78 is 15.4. The summed E-state index contributed by atoms with van der Waals surface area (Å²) in [6.45, 7) is 4.44. The highest BCUT2D eigenvalue weighted by Gasteiger charge is 2.25. The van der Waals surface area contributed by atoms with Crippen LogP contribution in [0.25, 0.3) is 10.9 Å². The number of hydrogen-bond donors (Lipinski definition) is 2. The zero-order valence-electron chi connectivity index (χ0n) is 15.3. The van der Waals surface area contributed by atoms with E-state index in [1.807, 2.05) is 18.0 Å². The third-order valence-electron chi connectivity index (χ3n) is 5.29. The van der Waals surface area contributed by atoms with Gasteiger partial charge in [0, 0.05) is 36.7 Å². The second-order valence-electron chi connectivity index (χ2n) is 6.85. The molecule has 3 aromatic rings. The van der Waals surface area contributed by atoms with Gasteiger partial charge in [-0.15, -0.1) is 0 Å². The summed E-state index contributed by atoms with van der Waals surface area (Å²) in [5.41, 5.74) is 2.09. The summed E-state index contributed by atoms with van der Waals surface area (Å²) in [6, 6.07) is 4.74. The molecule has 0 aliphatic carbocycles. The predicted molar refractivity (Wildman–Crippen MR) is 99.7 cm³/mol. The molecule has 1 aromatic carbocycles. The normalized spacial score (nSPS) is 15.4. The van der Waals surface area contributed by atoms with Crippen molar-refractivity contribution in [1.82, 2.24) is 30.0 Å². The fraction of sp³-hybridized carbons (Fsp3) is 0.421. The number of likely N-dealkylation sites (tertiary alicyclic amines) is 1. The van der Waals surface area contributed by atoms with Gasteiger partial charge in [0.1, 0.15) is 18.0 Å². The van der Waals surface area contributed by atoms with Crippen LogP contribution in [0.15, 0.2) is 30.7 Å². The van der Waals surface area contributed by atoms with Gasteiger partial charge in [-0.05, 0) is 49.4 Å². The fourth-order valence-corrected chi connectivity index (χ4v) is 3.80. The van der Waals surface area contributed by atoms with E-state index in [0.717, 1.165) is 41.7 Å². The Morgan fingerprint density at radius 2 is 2.19 bits per heavy atom. The van der Waals surface area contributed by atoms with Crippen LogP contribution in [-0.4, -0.2) is 43.8 Å². The van der Waals surface area contributed by atoms with E-state index < -0.39 is 0 Å². The van der Waals surface area contributed by atoms with Gasteiger partial charge in [0.2, 0.25) is 0 Å². The number of halogens is 1. The van der Waals surface area contributed by atoms with Crippen LogP contribution < -0.4 is 5.32 Å². The third-order valence-corrected chi connectivity index (χ3v) is 5.29. The number of nitrogens with one attached hydrogen (secondary N) is 2. The molecule has 0 unspecified atom stereocenters. The molecule has 1 aliphatic heterocycles. The van der Waals surface area contributed by atoms with Gasteiger partial charge in [0.15, 0.2) is 0 Å². The second kappa shape index (κ2) is 7.38.